The standard InChI is InChI=1S/C13H19ClN5O7P/c1-13(2,26-27(22,23)24)3-5-7(20)8(21)11(25-5)19-4-16-6-9(14)17-12(15)18-10(6)19/h4-5,7-8,11,20-21H,3H2,1-2H3,(H2,15,17,18)(H2,22,23,24)/t5?,7-,8-,11-/m1/s1. The number of aromatic nitrogens is 4. The molecule has 0 radical (unpaired) electrons. The van der Waals surface area contributed by atoms with Gasteiger partial charge in [0.1, 0.15) is 17.7 Å². The number of imidazole rings is 1. The lowest BCUT2D eigenvalue weighted by Crippen LogP contribution is -2.37. The number of phosphoric acid groups is 1. The van der Waals surface area contributed by atoms with Crippen LogP contribution in [0.2, 0.25) is 5.15 Å². The van der Waals surface area contributed by atoms with Gasteiger partial charge >= 0.3 is 7.82 Å². The highest BCUT2D eigenvalue weighted by atomic mass is 35.5. The molecule has 4 atom stereocenters. The molecular formula is C13H19ClN5O7P. The molecule has 0 aliphatic carbocycles. The first-order valence-corrected chi connectivity index (χ1v) is 9.72. The lowest BCUT2D eigenvalue weighted by atomic mass is 9.97. The van der Waals surface area contributed by atoms with E-state index in [1.54, 1.807) is 0 Å². The van der Waals surface area contributed by atoms with E-state index in [1.165, 1.54) is 24.7 Å². The van der Waals surface area contributed by atoms with Gasteiger partial charge in [-0.25, -0.2) is 9.55 Å². The van der Waals surface area contributed by atoms with Crippen molar-refractivity contribution in [1.29, 1.82) is 0 Å². The first kappa shape index (κ1) is 20.4. The van der Waals surface area contributed by atoms with Crippen LogP contribution < -0.4 is 5.73 Å². The Morgan fingerprint density at radius 3 is 2.67 bits per heavy atom. The number of nitrogens with two attached hydrogens (primary N) is 1. The highest BCUT2D eigenvalue weighted by molar-refractivity contribution is 7.46. The average molecular weight is 424 g/mol. The molecule has 1 aliphatic rings. The van der Waals surface area contributed by atoms with Crippen LogP contribution in [0.1, 0.15) is 26.5 Å². The monoisotopic (exact) mass is 423 g/mol. The van der Waals surface area contributed by atoms with Gasteiger partial charge in [-0.15, -0.1) is 0 Å². The van der Waals surface area contributed by atoms with Crippen molar-refractivity contribution in [3.05, 3.63) is 11.5 Å². The Morgan fingerprint density at radius 1 is 1.37 bits per heavy atom. The molecule has 6 N–H and O–H groups in total. The third-order valence-electron chi connectivity index (χ3n) is 4.07. The molecule has 3 rings (SSSR count). The van der Waals surface area contributed by atoms with Crippen LogP contribution in [0.25, 0.3) is 11.2 Å². The van der Waals surface area contributed by atoms with Gasteiger partial charge in [0, 0.05) is 6.42 Å². The van der Waals surface area contributed by atoms with Crippen LogP contribution in [-0.4, -0.2) is 63.4 Å². The number of phosphoric ester groups is 1. The fraction of sp³-hybridized carbons (Fsp3) is 0.615. The fourth-order valence-corrected chi connectivity index (χ4v) is 3.99. The number of aliphatic hydroxyl groups is 2. The molecule has 1 unspecified atom stereocenters. The van der Waals surface area contributed by atoms with E-state index < -0.39 is 38.0 Å². The summed E-state index contributed by atoms with van der Waals surface area (Å²) in [4.78, 5) is 29.9. The van der Waals surface area contributed by atoms with Gasteiger partial charge in [0.15, 0.2) is 17.0 Å². The molecule has 2 aromatic rings. The molecule has 1 saturated heterocycles. The Morgan fingerprint density at radius 2 is 2.04 bits per heavy atom. The Labute approximate surface area is 158 Å². The second-order valence-corrected chi connectivity index (χ2v) is 8.31. The van der Waals surface area contributed by atoms with Crippen molar-refractivity contribution in [3.8, 4) is 0 Å². The molecular weight excluding hydrogens is 405 g/mol. The summed E-state index contributed by atoms with van der Waals surface area (Å²) >= 11 is 5.97. The summed E-state index contributed by atoms with van der Waals surface area (Å²) in [7, 11) is -4.75. The maximum atomic E-state index is 11.1. The van der Waals surface area contributed by atoms with E-state index in [-0.39, 0.29) is 28.7 Å². The van der Waals surface area contributed by atoms with Crippen LogP contribution in [0.3, 0.4) is 0 Å². The first-order valence-electron chi connectivity index (χ1n) is 7.81. The van der Waals surface area contributed by atoms with Crippen LogP contribution in [-0.2, 0) is 13.8 Å². The molecule has 0 aromatic carbocycles. The molecule has 1 aliphatic heterocycles. The zero-order valence-corrected chi connectivity index (χ0v) is 15.9. The number of aliphatic hydroxyl groups excluding tert-OH is 2. The summed E-state index contributed by atoms with van der Waals surface area (Å²) in [5.41, 5.74) is 4.71. The number of hydrogen-bond acceptors (Lipinski definition) is 9. The number of hydrogen-bond donors (Lipinski definition) is 5. The third-order valence-corrected chi connectivity index (χ3v) is 5.06. The van der Waals surface area contributed by atoms with Crippen molar-refractivity contribution >= 4 is 36.5 Å². The van der Waals surface area contributed by atoms with E-state index >= 15 is 0 Å². The van der Waals surface area contributed by atoms with Crippen LogP contribution in [0.4, 0.5) is 5.95 Å². The normalized spacial score (nSPS) is 26.8. The topological polar surface area (TPSA) is 186 Å². The van der Waals surface area contributed by atoms with Gasteiger partial charge in [0.05, 0.1) is 18.0 Å². The van der Waals surface area contributed by atoms with Gasteiger partial charge in [0.2, 0.25) is 5.95 Å². The Balaban J connectivity index is 1.86. The fourth-order valence-electron chi connectivity index (χ4n) is 3.06. The minimum atomic E-state index is -4.75. The largest absolute Gasteiger partial charge is 0.470 e. The number of ether oxygens (including phenoxy) is 1. The van der Waals surface area contributed by atoms with Crippen molar-refractivity contribution in [2.75, 3.05) is 5.73 Å². The van der Waals surface area contributed by atoms with E-state index in [0.29, 0.717) is 0 Å². The second-order valence-electron chi connectivity index (χ2n) is 6.79. The summed E-state index contributed by atoms with van der Waals surface area (Å²) in [5.74, 6) is -0.102. The van der Waals surface area contributed by atoms with Gasteiger partial charge < -0.3 is 30.5 Å². The summed E-state index contributed by atoms with van der Waals surface area (Å²) in [5, 5.41) is 20.8. The molecule has 3 heterocycles. The molecule has 0 bridgehead atoms. The van der Waals surface area contributed by atoms with E-state index in [4.69, 9.17) is 36.4 Å². The van der Waals surface area contributed by atoms with Gasteiger partial charge in [-0.1, -0.05) is 11.6 Å². The number of halogens is 1. The molecule has 27 heavy (non-hydrogen) atoms. The maximum Gasteiger partial charge on any atom is 0.470 e. The first-order chi connectivity index (χ1) is 12.4. The molecule has 12 nitrogen and oxygen atoms in total. The van der Waals surface area contributed by atoms with Gasteiger partial charge in [-0.2, -0.15) is 9.97 Å². The predicted octanol–water partition coefficient (Wildman–Crippen LogP) is -0.0409. The third kappa shape index (κ3) is 4.23. The van der Waals surface area contributed by atoms with Crippen LogP contribution >= 0.6 is 19.4 Å². The van der Waals surface area contributed by atoms with Gasteiger partial charge in [0.25, 0.3) is 0 Å². The smallest absolute Gasteiger partial charge is 0.388 e. The van der Waals surface area contributed by atoms with Crippen LogP contribution in [0.15, 0.2) is 6.33 Å². The quantitative estimate of drug-likeness (QED) is 0.320. The number of nitrogens with zero attached hydrogens (tertiary/aromatic N) is 4. The molecule has 150 valence electrons. The Bertz CT molecular complexity index is 903. The van der Waals surface area contributed by atoms with Crippen LogP contribution in [0.5, 0.6) is 0 Å². The summed E-state index contributed by atoms with van der Waals surface area (Å²) in [6.45, 7) is 2.87. The Kier molecular flexibility index (Phi) is 5.21. The van der Waals surface area contributed by atoms with Gasteiger partial charge in [-0.3, -0.25) is 9.09 Å². The number of anilines is 1. The highest BCUT2D eigenvalue weighted by Crippen LogP contribution is 2.44. The second kappa shape index (κ2) is 6.90. The summed E-state index contributed by atoms with van der Waals surface area (Å²) in [6, 6.07) is 0. The molecule has 0 amide bonds. The van der Waals surface area contributed by atoms with E-state index in [0.717, 1.165) is 0 Å². The molecule has 0 spiro atoms. The predicted molar refractivity (Wildman–Crippen MR) is 92.5 cm³/mol. The minimum absolute atomic E-state index is 0.0250. The molecule has 2 aromatic heterocycles. The lowest BCUT2D eigenvalue weighted by Gasteiger charge is -2.29. The van der Waals surface area contributed by atoms with Crippen molar-refractivity contribution in [2.24, 2.45) is 0 Å². The van der Waals surface area contributed by atoms with Gasteiger partial charge in [-0.05, 0) is 13.8 Å². The highest BCUT2D eigenvalue weighted by Gasteiger charge is 2.47. The number of nitrogen functional groups attached to an aromatic ring is 1. The summed E-state index contributed by atoms with van der Waals surface area (Å²) < 4.78 is 22.9. The lowest BCUT2D eigenvalue weighted by molar-refractivity contribution is -0.0629. The van der Waals surface area contributed by atoms with Crippen molar-refractivity contribution < 1.29 is 33.8 Å². The molecule has 1 fully saturated rings. The van der Waals surface area contributed by atoms with Crippen LogP contribution in [0, 0.1) is 0 Å². The zero-order chi connectivity index (χ0) is 20.1. The average Bonchev–Trinajstić information content (AvgIpc) is 3.01. The van der Waals surface area contributed by atoms with E-state index in [2.05, 4.69) is 15.0 Å². The van der Waals surface area contributed by atoms with Crippen molar-refractivity contribution in [1.82, 2.24) is 19.5 Å². The molecule has 0 saturated carbocycles. The van der Waals surface area contributed by atoms with E-state index in [9.17, 15) is 14.8 Å². The van der Waals surface area contributed by atoms with E-state index in [1.807, 2.05) is 0 Å². The molecule has 14 heteroatoms. The number of fused-ring (bicyclic) bond motifs is 1. The Hall–Kier alpha value is -1.37. The summed E-state index contributed by atoms with van der Waals surface area (Å²) in [6.07, 6.45) is -3.55. The minimum Gasteiger partial charge on any atom is -0.388 e. The number of rotatable bonds is 5. The maximum absolute atomic E-state index is 11.1. The zero-order valence-electron chi connectivity index (χ0n) is 14.3. The SMILES string of the molecule is CC(C)(CC1O[C@@H](n2cnc3c(Cl)nc(N)nc32)[C@H](O)[C@@H]1O)OP(=O)(O)O. The van der Waals surface area contributed by atoms with Crippen molar-refractivity contribution in [2.45, 2.75) is 50.4 Å². The van der Waals surface area contributed by atoms with Crippen molar-refractivity contribution in [3.63, 3.8) is 0 Å².